The molecule has 2 aliphatic rings. The molecule has 2 aromatic heterocycles. The lowest BCUT2D eigenvalue weighted by molar-refractivity contribution is 0.0767. The van der Waals surface area contributed by atoms with Gasteiger partial charge in [0.25, 0.3) is 5.91 Å². The molecule has 1 amide bonds. The van der Waals surface area contributed by atoms with Gasteiger partial charge in [-0.2, -0.15) is 5.10 Å². The third kappa shape index (κ3) is 3.81. The van der Waals surface area contributed by atoms with Gasteiger partial charge in [0.05, 0.1) is 12.8 Å². The van der Waals surface area contributed by atoms with Crippen LogP contribution < -0.4 is 0 Å². The molecule has 1 aliphatic carbocycles. The predicted molar refractivity (Wildman–Crippen MR) is 104 cm³/mol. The van der Waals surface area contributed by atoms with Crippen molar-refractivity contribution in [2.24, 2.45) is 7.05 Å². The Morgan fingerprint density at radius 2 is 2.07 bits per heavy atom. The number of rotatable bonds is 4. The number of fused-ring (bicyclic) bond motifs is 1. The number of carbonyl (C=O) groups is 1. The normalized spacial score (nSPS) is 20.9. The van der Waals surface area contributed by atoms with Crippen LogP contribution in [0.25, 0.3) is 0 Å². The van der Waals surface area contributed by atoms with Crippen molar-refractivity contribution in [3.8, 4) is 0 Å². The second-order valence-corrected chi connectivity index (χ2v) is 7.98. The van der Waals surface area contributed by atoms with Crippen molar-refractivity contribution < 1.29 is 9.21 Å². The Hall–Kier alpha value is -2.08. The van der Waals surface area contributed by atoms with Crippen molar-refractivity contribution in [1.82, 2.24) is 19.6 Å². The molecule has 1 unspecified atom stereocenters. The molecule has 0 N–H and O–H groups in total. The molecular formula is C21H30N4O2. The second kappa shape index (κ2) is 7.89. The largest absolute Gasteiger partial charge is 0.467 e. The van der Waals surface area contributed by atoms with Gasteiger partial charge in [-0.15, -0.1) is 0 Å². The Morgan fingerprint density at radius 1 is 1.30 bits per heavy atom. The fraction of sp³-hybridized carbons (Fsp3) is 0.619. The highest BCUT2D eigenvalue weighted by atomic mass is 16.3. The molecule has 0 spiro atoms. The summed E-state index contributed by atoms with van der Waals surface area (Å²) < 4.78 is 7.31. The zero-order chi connectivity index (χ0) is 18.8. The number of hydrogen-bond donors (Lipinski definition) is 0. The van der Waals surface area contributed by atoms with E-state index in [1.807, 2.05) is 30.9 Å². The van der Waals surface area contributed by atoms with Gasteiger partial charge in [0, 0.05) is 31.4 Å². The Kier molecular flexibility index (Phi) is 5.34. The van der Waals surface area contributed by atoms with Crippen LogP contribution in [0.1, 0.15) is 59.6 Å². The second-order valence-electron chi connectivity index (χ2n) is 7.98. The van der Waals surface area contributed by atoms with Gasteiger partial charge in [0.15, 0.2) is 5.69 Å². The maximum atomic E-state index is 13.1. The number of amides is 1. The van der Waals surface area contributed by atoms with E-state index >= 15 is 0 Å². The number of aryl methyl sites for hydroxylation is 1. The standard InChI is InChI=1S/C21H30N4O2/c1-23(15-17-8-7-13-27-17)21(26)20-18-14-16(9-10-19(18)24(2)22-20)25-11-5-3-4-6-12-25/h7-8,13,16H,3-6,9-12,14-15H2,1-2H3. The summed E-state index contributed by atoms with van der Waals surface area (Å²) in [4.78, 5) is 17.5. The number of aromatic nitrogens is 2. The topological polar surface area (TPSA) is 54.5 Å². The first-order chi connectivity index (χ1) is 13.1. The smallest absolute Gasteiger partial charge is 0.274 e. The van der Waals surface area contributed by atoms with Gasteiger partial charge < -0.3 is 14.2 Å². The highest BCUT2D eigenvalue weighted by Crippen LogP contribution is 2.29. The Morgan fingerprint density at radius 3 is 2.78 bits per heavy atom. The van der Waals surface area contributed by atoms with Crippen molar-refractivity contribution in [2.75, 3.05) is 20.1 Å². The van der Waals surface area contributed by atoms with Crippen LogP contribution in [-0.2, 0) is 26.4 Å². The van der Waals surface area contributed by atoms with Crippen LogP contribution in [-0.4, -0.2) is 51.7 Å². The van der Waals surface area contributed by atoms with Gasteiger partial charge >= 0.3 is 0 Å². The number of furan rings is 1. The molecule has 146 valence electrons. The zero-order valence-electron chi connectivity index (χ0n) is 16.5. The Labute approximate surface area is 161 Å². The minimum absolute atomic E-state index is 0.0141. The fourth-order valence-electron chi connectivity index (χ4n) is 4.60. The fourth-order valence-corrected chi connectivity index (χ4v) is 4.60. The van der Waals surface area contributed by atoms with Crippen LogP contribution in [0.4, 0.5) is 0 Å². The van der Waals surface area contributed by atoms with Crippen molar-refractivity contribution >= 4 is 5.91 Å². The molecule has 0 saturated carbocycles. The third-order valence-corrected chi connectivity index (χ3v) is 6.11. The van der Waals surface area contributed by atoms with Gasteiger partial charge in [0.2, 0.25) is 0 Å². The SMILES string of the molecule is CN(Cc1ccco1)C(=O)c1nn(C)c2c1CC(N1CCCCCC1)CC2. The minimum atomic E-state index is -0.0141. The summed E-state index contributed by atoms with van der Waals surface area (Å²) in [6, 6.07) is 4.29. The average Bonchev–Trinajstić information content (AvgIpc) is 3.19. The van der Waals surface area contributed by atoms with Gasteiger partial charge in [0.1, 0.15) is 5.76 Å². The Bertz CT molecular complexity index is 772. The van der Waals surface area contributed by atoms with Gasteiger partial charge in [-0.3, -0.25) is 9.48 Å². The molecule has 27 heavy (non-hydrogen) atoms. The zero-order valence-corrected chi connectivity index (χ0v) is 16.5. The van der Waals surface area contributed by atoms with Crippen LogP contribution in [0.5, 0.6) is 0 Å². The van der Waals surface area contributed by atoms with Gasteiger partial charge in [-0.1, -0.05) is 12.8 Å². The molecule has 4 rings (SSSR count). The predicted octanol–water partition coefficient (Wildman–Crippen LogP) is 3.02. The average molecular weight is 370 g/mol. The van der Waals surface area contributed by atoms with E-state index < -0.39 is 0 Å². The van der Waals surface area contributed by atoms with E-state index in [2.05, 4.69) is 10.00 Å². The first-order valence-corrected chi connectivity index (χ1v) is 10.2. The van der Waals surface area contributed by atoms with Crippen molar-refractivity contribution in [1.29, 1.82) is 0 Å². The maximum absolute atomic E-state index is 13.1. The van der Waals surface area contributed by atoms with E-state index in [4.69, 9.17) is 4.42 Å². The lowest BCUT2D eigenvalue weighted by Crippen LogP contribution is -2.40. The molecule has 1 aliphatic heterocycles. The monoisotopic (exact) mass is 370 g/mol. The van der Waals surface area contributed by atoms with Crippen LogP contribution in [0.2, 0.25) is 0 Å². The molecular weight excluding hydrogens is 340 g/mol. The first kappa shape index (κ1) is 18.3. The van der Waals surface area contributed by atoms with E-state index in [1.165, 1.54) is 50.9 Å². The molecule has 6 heteroatoms. The molecule has 1 saturated heterocycles. The van der Waals surface area contributed by atoms with Crippen molar-refractivity contribution in [3.63, 3.8) is 0 Å². The highest BCUT2D eigenvalue weighted by molar-refractivity contribution is 5.94. The summed E-state index contributed by atoms with van der Waals surface area (Å²) in [6.45, 7) is 2.86. The van der Waals surface area contributed by atoms with Crippen LogP contribution in [0.15, 0.2) is 22.8 Å². The van der Waals surface area contributed by atoms with E-state index in [9.17, 15) is 4.79 Å². The summed E-state index contributed by atoms with van der Waals surface area (Å²) >= 11 is 0. The summed E-state index contributed by atoms with van der Waals surface area (Å²) in [5.41, 5.74) is 3.02. The van der Waals surface area contributed by atoms with Gasteiger partial charge in [-0.05, 0) is 57.3 Å². The molecule has 1 atom stereocenters. The third-order valence-electron chi connectivity index (χ3n) is 6.11. The summed E-state index contributed by atoms with van der Waals surface area (Å²) in [5.74, 6) is 0.776. The molecule has 0 radical (unpaired) electrons. The Balaban J connectivity index is 1.53. The molecule has 3 heterocycles. The van der Waals surface area contributed by atoms with E-state index in [-0.39, 0.29) is 5.91 Å². The lowest BCUT2D eigenvalue weighted by atomic mass is 9.90. The molecule has 2 aromatic rings. The number of hydrogen-bond acceptors (Lipinski definition) is 4. The summed E-state index contributed by atoms with van der Waals surface area (Å²) in [6.07, 6.45) is 10.1. The number of nitrogens with zero attached hydrogens (tertiary/aromatic N) is 4. The van der Waals surface area contributed by atoms with Gasteiger partial charge in [-0.25, -0.2) is 0 Å². The lowest BCUT2D eigenvalue weighted by Gasteiger charge is -2.33. The van der Waals surface area contributed by atoms with Crippen LogP contribution in [0, 0.1) is 0 Å². The number of carbonyl (C=O) groups excluding carboxylic acids is 1. The summed E-state index contributed by atoms with van der Waals surface area (Å²) in [7, 11) is 3.79. The number of likely N-dealkylation sites (tertiary alicyclic amines) is 1. The first-order valence-electron chi connectivity index (χ1n) is 10.2. The van der Waals surface area contributed by atoms with Crippen molar-refractivity contribution in [2.45, 2.75) is 57.5 Å². The molecule has 6 nitrogen and oxygen atoms in total. The quantitative estimate of drug-likeness (QED) is 0.830. The van der Waals surface area contributed by atoms with E-state index in [0.29, 0.717) is 18.3 Å². The highest BCUT2D eigenvalue weighted by Gasteiger charge is 2.32. The molecule has 0 bridgehead atoms. The van der Waals surface area contributed by atoms with Crippen LogP contribution in [0.3, 0.4) is 0 Å². The minimum Gasteiger partial charge on any atom is -0.467 e. The molecule has 1 fully saturated rings. The van der Waals surface area contributed by atoms with Crippen molar-refractivity contribution in [3.05, 3.63) is 41.1 Å². The summed E-state index contributed by atoms with van der Waals surface area (Å²) in [5, 5.41) is 4.62. The van der Waals surface area contributed by atoms with E-state index in [1.54, 1.807) is 11.2 Å². The van der Waals surface area contributed by atoms with E-state index in [0.717, 1.165) is 24.2 Å². The molecule has 0 aromatic carbocycles. The maximum Gasteiger partial charge on any atom is 0.274 e. The van der Waals surface area contributed by atoms with Crippen LogP contribution >= 0.6 is 0 Å².